The van der Waals surface area contributed by atoms with E-state index in [0.717, 1.165) is 40.6 Å². The molecule has 0 bridgehead atoms. The highest BCUT2D eigenvalue weighted by atomic mass is 16.1. The van der Waals surface area contributed by atoms with Gasteiger partial charge in [0.15, 0.2) is 0 Å². The molecule has 3 aromatic rings. The molecule has 1 aliphatic carbocycles. The van der Waals surface area contributed by atoms with Crippen molar-refractivity contribution in [2.24, 2.45) is 0 Å². The van der Waals surface area contributed by atoms with Gasteiger partial charge >= 0.3 is 0 Å². The maximum atomic E-state index is 12.2. The number of amides is 1. The van der Waals surface area contributed by atoms with Crippen molar-refractivity contribution in [2.75, 3.05) is 0 Å². The number of nitrogens with one attached hydrogen (secondary N) is 2. The maximum absolute atomic E-state index is 12.2. The Bertz CT molecular complexity index is 1030. The van der Waals surface area contributed by atoms with Crippen LogP contribution in [0.25, 0.3) is 28.2 Å². The summed E-state index contributed by atoms with van der Waals surface area (Å²) in [6.45, 7) is 6.09. The van der Waals surface area contributed by atoms with Gasteiger partial charge in [-0.1, -0.05) is 18.2 Å². The van der Waals surface area contributed by atoms with Crippen LogP contribution in [0, 0.1) is 13.8 Å². The Morgan fingerprint density at radius 2 is 2.00 bits per heavy atom. The lowest BCUT2D eigenvalue weighted by Gasteiger charge is -2.12. The van der Waals surface area contributed by atoms with Gasteiger partial charge in [-0.25, -0.2) is 4.98 Å². The van der Waals surface area contributed by atoms with Gasteiger partial charge in [-0.15, -0.1) is 0 Å². The first-order valence-corrected chi connectivity index (χ1v) is 9.05. The average molecular weight is 345 g/mol. The smallest absolute Gasteiger partial charge is 0.247 e. The molecule has 1 amide bonds. The van der Waals surface area contributed by atoms with Crippen LogP contribution in [-0.2, 0) is 4.79 Å². The van der Waals surface area contributed by atoms with E-state index in [1.54, 1.807) is 6.33 Å². The number of carbonyl (C=O) groups excluding carboxylic acids is 1. The zero-order chi connectivity index (χ0) is 18.3. The van der Waals surface area contributed by atoms with E-state index in [9.17, 15) is 4.79 Å². The summed E-state index contributed by atoms with van der Waals surface area (Å²) in [4.78, 5) is 19.6. The second-order valence-corrected chi connectivity index (χ2v) is 7.23. The standard InChI is InChI=1S/C22H23N3O/c1-13-10-19(16-4-7-20-21(11-16)24-12-23-20)14(2)8-17(13)9-15(3)22(26)25-18-5-6-18/h4,7-12,18H,5-6H2,1-3H3,(H,23,24)(H,25,26). The molecule has 1 heterocycles. The Balaban J connectivity index is 1.66. The van der Waals surface area contributed by atoms with Gasteiger partial charge < -0.3 is 10.3 Å². The zero-order valence-corrected chi connectivity index (χ0v) is 15.4. The number of benzene rings is 2. The molecular weight excluding hydrogens is 322 g/mol. The summed E-state index contributed by atoms with van der Waals surface area (Å²) >= 11 is 0. The number of aromatic nitrogens is 2. The summed E-state index contributed by atoms with van der Waals surface area (Å²) in [7, 11) is 0. The molecule has 2 aromatic carbocycles. The first-order valence-electron chi connectivity index (χ1n) is 9.05. The molecule has 1 aliphatic rings. The van der Waals surface area contributed by atoms with Gasteiger partial charge in [-0.2, -0.15) is 0 Å². The van der Waals surface area contributed by atoms with Crippen LogP contribution in [0.4, 0.5) is 0 Å². The normalized spacial score (nSPS) is 14.7. The average Bonchev–Trinajstić information content (AvgIpc) is 3.30. The second-order valence-electron chi connectivity index (χ2n) is 7.23. The van der Waals surface area contributed by atoms with E-state index in [4.69, 9.17) is 0 Å². The highest BCUT2D eigenvalue weighted by Crippen LogP contribution is 2.29. The summed E-state index contributed by atoms with van der Waals surface area (Å²) in [5, 5.41) is 3.04. The maximum Gasteiger partial charge on any atom is 0.247 e. The minimum atomic E-state index is 0.0401. The number of hydrogen-bond donors (Lipinski definition) is 2. The lowest BCUT2D eigenvalue weighted by molar-refractivity contribution is -0.117. The van der Waals surface area contributed by atoms with Gasteiger partial charge in [0.1, 0.15) is 0 Å². The molecule has 0 aliphatic heterocycles. The molecule has 1 fully saturated rings. The number of H-pyrrole nitrogens is 1. The van der Waals surface area contributed by atoms with E-state index in [1.807, 2.05) is 19.1 Å². The molecule has 1 aromatic heterocycles. The van der Waals surface area contributed by atoms with Crippen molar-refractivity contribution in [3.05, 3.63) is 58.9 Å². The number of rotatable bonds is 4. The fourth-order valence-corrected chi connectivity index (χ4v) is 3.23. The molecule has 0 unspecified atom stereocenters. The van der Waals surface area contributed by atoms with Gasteiger partial charge in [0, 0.05) is 11.6 Å². The largest absolute Gasteiger partial charge is 0.350 e. The van der Waals surface area contributed by atoms with Crippen molar-refractivity contribution in [3.63, 3.8) is 0 Å². The highest BCUT2D eigenvalue weighted by molar-refractivity contribution is 5.98. The summed E-state index contributed by atoms with van der Waals surface area (Å²) in [5.41, 5.74) is 8.58. The number of aryl methyl sites for hydroxylation is 2. The van der Waals surface area contributed by atoms with E-state index in [1.165, 1.54) is 16.7 Å². The SMILES string of the molecule is CC(=Cc1cc(C)c(-c2ccc3nc[nH]c3c2)cc1C)C(=O)NC1CC1. The predicted molar refractivity (Wildman–Crippen MR) is 106 cm³/mol. The third-order valence-corrected chi connectivity index (χ3v) is 4.99. The Kier molecular flexibility index (Phi) is 4.11. The van der Waals surface area contributed by atoms with Crippen molar-refractivity contribution < 1.29 is 4.79 Å². The fourth-order valence-electron chi connectivity index (χ4n) is 3.23. The number of carbonyl (C=O) groups is 1. The molecule has 2 N–H and O–H groups in total. The minimum Gasteiger partial charge on any atom is -0.350 e. The number of imidazole rings is 1. The Labute approximate surface area is 153 Å². The number of nitrogens with zero attached hydrogens (tertiary/aromatic N) is 1. The van der Waals surface area contributed by atoms with Gasteiger partial charge in [-0.05, 0) is 79.6 Å². The van der Waals surface area contributed by atoms with Crippen LogP contribution in [0.15, 0.2) is 42.2 Å². The minimum absolute atomic E-state index is 0.0401. The fraction of sp³-hybridized carbons (Fsp3) is 0.273. The molecule has 4 rings (SSSR count). The summed E-state index contributed by atoms with van der Waals surface area (Å²) < 4.78 is 0. The summed E-state index contributed by atoms with van der Waals surface area (Å²) in [6.07, 6.45) is 5.91. The van der Waals surface area contributed by atoms with Crippen LogP contribution in [0.1, 0.15) is 36.5 Å². The molecule has 26 heavy (non-hydrogen) atoms. The van der Waals surface area contributed by atoms with Crippen molar-refractivity contribution in [2.45, 2.75) is 39.7 Å². The molecule has 0 spiro atoms. The van der Waals surface area contributed by atoms with Gasteiger partial charge in [0.25, 0.3) is 0 Å². The zero-order valence-electron chi connectivity index (χ0n) is 15.4. The first-order chi connectivity index (χ1) is 12.5. The lowest BCUT2D eigenvalue weighted by atomic mass is 9.94. The molecule has 1 saturated carbocycles. The van der Waals surface area contributed by atoms with E-state index in [0.29, 0.717) is 6.04 Å². The van der Waals surface area contributed by atoms with Crippen LogP contribution in [-0.4, -0.2) is 21.9 Å². The molecule has 0 radical (unpaired) electrons. The number of fused-ring (bicyclic) bond motifs is 1. The molecule has 0 atom stereocenters. The molecular formula is C22H23N3O. The number of aromatic amines is 1. The topological polar surface area (TPSA) is 57.8 Å². The van der Waals surface area contributed by atoms with Crippen LogP contribution < -0.4 is 5.32 Å². The van der Waals surface area contributed by atoms with E-state index >= 15 is 0 Å². The van der Waals surface area contributed by atoms with E-state index in [2.05, 4.69) is 53.4 Å². The van der Waals surface area contributed by atoms with Crippen LogP contribution >= 0.6 is 0 Å². The first kappa shape index (κ1) is 16.6. The second kappa shape index (κ2) is 6.45. The number of hydrogen-bond acceptors (Lipinski definition) is 2. The van der Waals surface area contributed by atoms with E-state index in [-0.39, 0.29) is 5.91 Å². The third kappa shape index (κ3) is 3.27. The van der Waals surface area contributed by atoms with Gasteiger partial charge in [0.05, 0.1) is 17.4 Å². The third-order valence-electron chi connectivity index (χ3n) is 4.99. The van der Waals surface area contributed by atoms with Crippen molar-refractivity contribution in [1.29, 1.82) is 0 Å². The predicted octanol–water partition coefficient (Wildman–Crippen LogP) is 4.53. The van der Waals surface area contributed by atoms with Crippen LogP contribution in [0.2, 0.25) is 0 Å². The Morgan fingerprint density at radius 3 is 2.77 bits per heavy atom. The highest BCUT2D eigenvalue weighted by Gasteiger charge is 2.23. The van der Waals surface area contributed by atoms with Crippen molar-refractivity contribution in [3.8, 4) is 11.1 Å². The molecule has 132 valence electrons. The van der Waals surface area contributed by atoms with Crippen molar-refractivity contribution in [1.82, 2.24) is 15.3 Å². The van der Waals surface area contributed by atoms with Gasteiger partial charge in [-0.3, -0.25) is 4.79 Å². The monoisotopic (exact) mass is 345 g/mol. The molecule has 0 saturated heterocycles. The summed E-state index contributed by atoms with van der Waals surface area (Å²) in [6, 6.07) is 11.0. The lowest BCUT2D eigenvalue weighted by Crippen LogP contribution is -2.25. The van der Waals surface area contributed by atoms with Crippen molar-refractivity contribution >= 4 is 23.0 Å². The van der Waals surface area contributed by atoms with Gasteiger partial charge in [0.2, 0.25) is 5.91 Å². The van der Waals surface area contributed by atoms with E-state index < -0.39 is 0 Å². The Hall–Kier alpha value is -2.88. The van der Waals surface area contributed by atoms with Crippen LogP contribution in [0.3, 0.4) is 0 Å². The molecule has 4 nitrogen and oxygen atoms in total. The summed E-state index contributed by atoms with van der Waals surface area (Å²) in [5.74, 6) is 0.0401. The quantitative estimate of drug-likeness (QED) is 0.683. The van der Waals surface area contributed by atoms with Crippen LogP contribution in [0.5, 0.6) is 0 Å². The Morgan fingerprint density at radius 1 is 1.19 bits per heavy atom. The molecule has 4 heteroatoms.